The van der Waals surface area contributed by atoms with Gasteiger partial charge in [-0.25, -0.2) is 0 Å². The maximum Gasteiger partial charge on any atom is 0.333 e. The van der Waals surface area contributed by atoms with Crippen molar-refractivity contribution in [2.75, 3.05) is 46.6 Å². The summed E-state index contributed by atoms with van der Waals surface area (Å²) >= 11 is 0. The van der Waals surface area contributed by atoms with Crippen LogP contribution in [0.4, 0.5) is 0 Å². The molecule has 0 aliphatic carbocycles. The van der Waals surface area contributed by atoms with Gasteiger partial charge in [-0.15, -0.1) is 0 Å². The van der Waals surface area contributed by atoms with Gasteiger partial charge in [0.1, 0.15) is 6.10 Å². The van der Waals surface area contributed by atoms with Crippen molar-refractivity contribution in [3.63, 3.8) is 0 Å². The normalized spacial score (nSPS) is 15.3. The molecule has 0 aromatic carbocycles. The fraction of sp³-hybridized carbons (Fsp3) is 0.960. The van der Waals surface area contributed by atoms with E-state index in [4.69, 9.17) is 14.0 Å². The van der Waals surface area contributed by atoms with Gasteiger partial charge in [0.2, 0.25) is 0 Å². The minimum atomic E-state index is -3.68. The Morgan fingerprint density at radius 3 is 1.94 bits per heavy atom. The largest absolute Gasteiger partial charge is 0.460 e. The molecule has 198 valence electrons. The number of ether oxygens (including phenoxy) is 2. The van der Waals surface area contributed by atoms with Crippen molar-refractivity contribution < 1.29 is 33.2 Å². The minimum absolute atomic E-state index is 0.0695. The van der Waals surface area contributed by atoms with Crippen LogP contribution in [0.1, 0.15) is 97.3 Å². The molecule has 0 heterocycles. The summed E-state index contributed by atoms with van der Waals surface area (Å²) in [6.45, 7) is 5.90. The lowest BCUT2D eigenvalue weighted by Crippen LogP contribution is -3.06. The van der Waals surface area contributed by atoms with E-state index >= 15 is 0 Å². The van der Waals surface area contributed by atoms with Crippen LogP contribution < -0.4 is 4.90 Å². The van der Waals surface area contributed by atoms with E-state index in [9.17, 15) is 14.3 Å². The maximum atomic E-state index is 12.0. The van der Waals surface area contributed by atoms with Crippen molar-refractivity contribution in [3.8, 4) is 0 Å². The molecule has 0 aliphatic heterocycles. The van der Waals surface area contributed by atoms with Gasteiger partial charge >= 0.3 is 7.60 Å². The zero-order valence-electron chi connectivity index (χ0n) is 21.9. The molecule has 7 nitrogen and oxygen atoms in total. The number of rotatable bonds is 25. The van der Waals surface area contributed by atoms with Crippen molar-refractivity contribution in [1.29, 1.82) is 0 Å². The molecule has 0 spiro atoms. The van der Waals surface area contributed by atoms with E-state index in [-0.39, 0.29) is 19.4 Å². The first kappa shape index (κ1) is 32.5. The number of carbonyl (C=O) groups excluding carboxylic acids is 1. The smallest absolute Gasteiger partial charge is 0.333 e. The van der Waals surface area contributed by atoms with Gasteiger partial charge in [-0.3, -0.25) is 9.36 Å². The molecule has 2 N–H and O–H groups in total. The Kier molecular flexibility index (Phi) is 21.7. The molecule has 0 aromatic rings. The van der Waals surface area contributed by atoms with Crippen LogP contribution >= 0.6 is 7.60 Å². The quantitative estimate of drug-likeness (QED) is 0.109. The molecule has 0 rings (SSSR count). The van der Waals surface area contributed by atoms with Gasteiger partial charge in [0.25, 0.3) is 6.47 Å². The van der Waals surface area contributed by atoms with Gasteiger partial charge in [0.15, 0.2) is 0 Å². The first-order valence-electron chi connectivity index (χ1n) is 13.2. The first-order valence-corrected chi connectivity index (χ1v) is 15.0. The summed E-state index contributed by atoms with van der Waals surface area (Å²) in [5.74, 6) is 0.429. The zero-order chi connectivity index (χ0) is 24.8. The summed E-state index contributed by atoms with van der Waals surface area (Å²) in [6, 6.07) is 0. The molecule has 0 saturated heterocycles. The Bertz CT molecular complexity index is 492. The van der Waals surface area contributed by atoms with Crippen LogP contribution in [0.15, 0.2) is 0 Å². The van der Waals surface area contributed by atoms with Crippen LogP contribution in [-0.4, -0.2) is 64.1 Å². The van der Waals surface area contributed by atoms with E-state index in [1.54, 1.807) is 0 Å². The molecular formula is C25H53NO6P+. The highest BCUT2D eigenvalue weighted by Gasteiger charge is 2.23. The van der Waals surface area contributed by atoms with E-state index in [0.717, 1.165) is 11.3 Å². The Balaban J connectivity index is 3.74. The summed E-state index contributed by atoms with van der Waals surface area (Å²) in [7, 11) is 0.130. The molecule has 3 atom stereocenters. The van der Waals surface area contributed by atoms with E-state index in [1.807, 2.05) is 14.1 Å². The summed E-state index contributed by atoms with van der Waals surface area (Å²) < 4.78 is 27.8. The molecule has 3 unspecified atom stereocenters. The highest BCUT2D eigenvalue weighted by Crippen LogP contribution is 2.40. The first-order chi connectivity index (χ1) is 15.8. The van der Waals surface area contributed by atoms with Crippen LogP contribution in [0.5, 0.6) is 0 Å². The Labute approximate surface area is 203 Å². The second kappa shape index (κ2) is 22.0. The highest BCUT2D eigenvalue weighted by atomic mass is 31.2. The van der Waals surface area contributed by atoms with Gasteiger partial charge in [0, 0.05) is 6.61 Å². The van der Waals surface area contributed by atoms with Crippen molar-refractivity contribution >= 4 is 14.1 Å². The molecule has 8 heteroatoms. The number of quaternary nitrogens is 1. The highest BCUT2D eigenvalue weighted by molar-refractivity contribution is 7.52. The minimum Gasteiger partial charge on any atom is -0.460 e. The lowest BCUT2D eigenvalue weighted by atomic mass is 10.0. The molecule has 0 bridgehead atoms. The molecule has 0 aromatic heterocycles. The number of nitrogens with one attached hydrogen (secondary N) is 1. The lowest BCUT2D eigenvalue weighted by molar-refractivity contribution is -0.855. The fourth-order valence-corrected chi connectivity index (χ4v) is 4.91. The van der Waals surface area contributed by atoms with Crippen molar-refractivity contribution in [2.45, 2.75) is 103 Å². The van der Waals surface area contributed by atoms with E-state index in [2.05, 4.69) is 13.8 Å². The number of hydrogen-bond donors (Lipinski definition) is 2. The average molecular weight is 495 g/mol. The average Bonchev–Trinajstić information content (AvgIpc) is 2.77. The van der Waals surface area contributed by atoms with Gasteiger partial charge in [0.05, 0.1) is 40.0 Å². The van der Waals surface area contributed by atoms with Crippen molar-refractivity contribution in [1.82, 2.24) is 0 Å². The Hall–Kier alpha value is -0.460. The summed E-state index contributed by atoms with van der Waals surface area (Å²) in [6.07, 6.45) is 16.7. The second-order valence-electron chi connectivity index (χ2n) is 9.79. The Morgan fingerprint density at radius 2 is 1.42 bits per heavy atom. The molecule has 33 heavy (non-hydrogen) atoms. The fourth-order valence-electron chi connectivity index (χ4n) is 3.65. The molecule has 0 saturated carbocycles. The monoisotopic (exact) mass is 494 g/mol. The van der Waals surface area contributed by atoms with Crippen molar-refractivity contribution in [3.05, 3.63) is 0 Å². The summed E-state index contributed by atoms with van der Waals surface area (Å²) in [4.78, 5) is 21.7. The van der Waals surface area contributed by atoms with Gasteiger partial charge in [-0.05, 0) is 12.3 Å². The third-order valence-electron chi connectivity index (χ3n) is 5.86. The maximum absolute atomic E-state index is 12.0. The summed E-state index contributed by atoms with van der Waals surface area (Å²) in [5, 5.41) is 0. The number of hydrogen-bond acceptors (Lipinski definition) is 5. The van der Waals surface area contributed by atoms with E-state index < -0.39 is 13.7 Å². The topological polar surface area (TPSA) is 86.5 Å². The van der Waals surface area contributed by atoms with Gasteiger partial charge in [-0.1, -0.05) is 90.9 Å². The number of carbonyl (C=O) groups is 1. The third kappa shape index (κ3) is 23.1. The van der Waals surface area contributed by atoms with Crippen LogP contribution in [0, 0.1) is 5.92 Å². The molecule has 0 amide bonds. The predicted molar refractivity (Wildman–Crippen MR) is 135 cm³/mol. The molecule has 0 aliphatic rings. The number of unbranched alkanes of at least 4 members (excludes halogenated alkanes) is 11. The SMILES string of the molecule is CCCCCCCCCCCCCCC(C)COCC(COP(=O)(O)CC[NH+](C)C)OC=O. The van der Waals surface area contributed by atoms with E-state index in [1.165, 1.54) is 77.0 Å². The predicted octanol–water partition coefficient (Wildman–Crippen LogP) is 4.62. The Morgan fingerprint density at radius 1 is 0.879 bits per heavy atom. The molecular weight excluding hydrogens is 441 g/mol. The van der Waals surface area contributed by atoms with Crippen molar-refractivity contribution in [2.24, 2.45) is 5.92 Å². The molecule has 0 fully saturated rings. The molecule has 0 radical (unpaired) electrons. The lowest BCUT2D eigenvalue weighted by Gasteiger charge is -2.19. The third-order valence-corrected chi connectivity index (χ3v) is 7.20. The van der Waals surface area contributed by atoms with Gasteiger partial charge < -0.3 is 23.8 Å². The summed E-state index contributed by atoms with van der Waals surface area (Å²) in [5.41, 5.74) is 0. The standard InChI is InChI=1S/C25H52NO6P/c1-5-6-7-8-9-10-11-12-13-14-15-16-17-24(2)20-30-21-25(31-23-27)22-32-33(28,29)19-18-26(3)4/h23-25H,5-22H2,1-4H3,(H,28,29)/p+1. The van der Waals surface area contributed by atoms with Crippen LogP contribution in [0.3, 0.4) is 0 Å². The van der Waals surface area contributed by atoms with Crippen LogP contribution in [0.25, 0.3) is 0 Å². The second-order valence-corrected chi connectivity index (χ2v) is 11.8. The zero-order valence-corrected chi connectivity index (χ0v) is 22.8. The van der Waals surface area contributed by atoms with Gasteiger partial charge in [-0.2, -0.15) is 0 Å². The van der Waals surface area contributed by atoms with Crippen LogP contribution in [0.2, 0.25) is 0 Å². The van der Waals surface area contributed by atoms with Crippen LogP contribution in [-0.2, 0) is 23.4 Å². The van der Waals surface area contributed by atoms with E-state index in [0.29, 0.717) is 25.5 Å².